The van der Waals surface area contributed by atoms with Gasteiger partial charge >= 0.3 is 0 Å². The van der Waals surface area contributed by atoms with Crippen molar-refractivity contribution in [3.05, 3.63) is 60.2 Å². The van der Waals surface area contributed by atoms with Gasteiger partial charge < -0.3 is 10.2 Å². The Morgan fingerprint density at radius 3 is 2.23 bits per heavy atom. The molecular weight excluding hydrogens is 320 g/mol. The number of nitrogens with one attached hydrogen (secondary N) is 1. The lowest BCUT2D eigenvalue weighted by molar-refractivity contribution is -0.120. The van der Waals surface area contributed by atoms with Crippen LogP contribution >= 0.6 is 0 Å². The fourth-order valence-electron chi connectivity index (χ4n) is 4.02. The number of carbonyl (C=O) groups is 1. The average molecular weight is 351 g/mol. The minimum absolute atomic E-state index is 0.107. The first kappa shape index (κ1) is 18.7. The third-order valence-corrected chi connectivity index (χ3v) is 5.12. The summed E-state index contributed by atoms with van der Waals surface area (Å²) in [7, 11) is 0. The maximum atomic E-state index is 12.2. The lowest BCUT2D eigenvalue weighted by Crippen LogP contribution is -2.43. The van der Waals surface area contributed by atoms with Gasteiger partial charge in [-0.05, 0) is 34.9 Å². The van der Waals surface area contributed by atoms with Crippen LogP contribution in [-0.4, -0.2) is 37.0 Å². The van der Waals surface area contributed by atoms with E-state index >= 15 is 0 Å². The summed E-state index contributed by atoms with van der Waals surface area (Å²) in [4.78, 5) is 14.7. The number of hydrogen-bond acceptors (Lipinski definition) is 2. The smallest absolute Gasteiger partial charge is 0.224 e. The molecule has 3 nitrogen and oxygen atoms in total. The Labute approximate surface area is 157 Å². The lowest BCUT2D eigenvalue weighted by Gasteiger charge is -2.34. The summed E-state index contributed by atoms with van der Waals surface area (Å²) in [6.45, 7) is 8.64. The molecule has 0 aliphatic carbocycles. The van der Waals surface area contributed by atoms with Gasteiger partial charge in [0, 0.05) is 26.2 Å². The van der Waals surface area contributed by atoms with Crippen molar-refractivity contribution in [1.82, 2.24) is 10.2 Å². The highest BCUT2D eigenvalue weighted by molar-refractivity contribution is 5.78. The van der Waals surface area contributed by atoms with Crippen molar-refractivity contribution in [1.29, 1.82) is 0 Å². The Kier molecular flexibility index (Phi) is 6.45. The highest BCUT2D eigenvalue weighted by atomic mass is 16.1. The fourth-order valence-corrected chi connectivity index (χ4v) is 4.02. The Morgan fingerprint density at radius 2 is 1.58 bits per heavy atom. The van der Waals surface area contributed by atoms with Gasteiger partial charge in [-0.25, -0.2) is 0 Å². The molecule has 0 bridgehead atoms. The van der Waals surface area contributed by atoms with Crippen LogP contribution in [0.5, 0.6) is 0 Å². The molecular formula is C23H30N2O. The van der Waals surface area contributed by atoms with Crippen molar-refractivity contribution in [2.45, 2.75) is 26.7 Å². The number of hydrogen-bond donors (Lipinski definition) is 1. The third kappa shape index (κ3) is 5.43. The molecule has 2 atom stereocenters. The first-order valence-corrected chi connectivity index (χ1v) is 9.73. The zero-order valence-electron chi connectivity index (χ0n) is 15.9. The highest BCUT2D eigenvalue weighted by Crippen LogP contribution is 2.20. The molecule has 138 valence electrons. The zero-order valence-corrected chi connectivity index (χ0v) is 15.9. The second kappa shape index (κ2) is 9.00. The molecule has 1 aliphatic heterocycles. The van der Waals surface area contributed by atoms with Gasteiger partial charge in [0.15, 0.2) is 0 Å². The van der Waals surface area contributed by atoms with Gasteiger partial charge in [-0.15, -0.1) is 0 Å². The van der Waals surface area contributed by atoms with Crippen LogP contribution in [0, 0.1) is 11.8 Å². The number of benzene rings is 2. The number of nitrogens with zero attached hydrogens (tertiary/aromatic N) is 1. The van der Waals surface area contributed by atoms with E-state index in [1.54, 1.807) is 0 Å². The summed E-state index contributed by atoms with van der Waals surface area (Å²) >= 11 is 0. The van der Waals surface area contributed by atoms with E-state index in [0.717, 1.165) is 43.6 Å². The molecule has 1 fully saturated rings. The molecule has 1 saturated heterocycles. The minimum atomic E-state index is 0.107. The molecule has 0 spiro atoms. The van der Waals surface area contributed by atoms with Crippen LogP contribution < -0.4 is 5.32 Å². The van der Waals surface area contributed by atoms with Gasteiger partial charge in [0.25, 0.3) is 0 Å². The summed E-state index contributed by atoms with van der Waals surface area (Å²) in [6.07, 6.45) is 1.77. The van der Waals surface area contributed by atoms with Crippen LogP contribution in [0.25, 0.3) is 11.1 Å². The molecule has 3 heteroatoms. The molecule has 0 saturated carbocycles. The van der Waals surface area contributed by atoms with E-state index in [0.29, 0.717) is 6.42 Å². The second-order valence-corrected chi connectivity index (χ2v) is 7.80. The maximum absolute atomic E-state index is 12.2. The number of likely N-dealkylation sites (tertiary alicyclic amines) is 1. The number of carbonyl (C=O) groups excluding carboxylic acids is 1. The maximum Gasteiger partial charge on any atom is 0.224 e. The van der Waals surface area contributed by atoms with E-state index in [1.165, 1.54) is 17.5 Å². The molecule has 1 heterocycles. The summed E-state index contributed by atoms with van der Waals surface area (Å²) in [6, 6.07) is 18.6. The standard InChI is InChI=1S/C23H30N2O/c1-18-14-19(2)17-25(16-18)13-12-24-23(26)15-20-8-10-22(11-9-20)21-6-4-3-5-7-21/h3-11,18-19H,12-17H2,1-2H3,(H,24,26)/t18-,19-/m0/s1. The van der Waals surface area contributed by atoms with Crippen LogP contribution in [0.3, 0.4) is 0 Å². The van der Waals surface area contributed by atoms with Crippen molar-refractivity contribution < 1.29 is 4.79 Å². The molecule has 2 aromatic carbocycles. The zero-order chi connectivity index (χ0) is 18.4. The van der Waals surface area contributed by atoms with Gasteiger partial charge in [-0.3, -0.25) is 4.79 Å². The molecule has 2 aromatic rings. The summed E-state index contributed by atoms with van der Waals surface area (Å²) in [5.74, 6) is 1.63. The van der Waals surface area contributed by atoms with Gasteiger partial charge in [0.2, 0.25) is 5.91 Å². The van der Waals surface area contributed by atoms with Crippen LogP contribution in [0.4, 0.5) is 0 Å². The highest BCUT2D eigenvalue weighted by Gasteiger charge is 2.21. The van der Waals surface area contributed by atoms with Crippen molar-refractivity contribution in [2.75, 3.05) is 26.2 Å². The van der Waals surface area contributed by atoms with Crippen molar-refractivity contribution in [3.63, 3.8) is 0 Å². The first-order valence-electron chi connectivity index (χ1n) is 9.73. The van der Waals surface area contributed by atoms with E-state index in [1.807, 2.05) is 18.2 Å². The predicted octanol–water partition coefficient (Wildman–Crippen LogP) is 3.99. The largest absolute Gasteiger partial charge is 0.355 e. The fraction of sp³-hybridized carbons (Fsp3) is 0.435. The SMILES string of the molecule is C[C@H]1C[C@H](C)CN(CCNC(=O)Cc2ccc(-c3ccccc3)cc2)C1. The molecule has 26 heavy (non-hydrogen) atoms. The Bertz CT molecular complexity index is 686. The Morgan fingerprint density at radius 1 is 0.962 bits per heavy atom. The van der Waals surface area contributed by atoms with Crippen LogP contribution in [0.1, 0.15) is 25.8 Å². The molecule has 0 radical (unpaired) electrons. The van der Waals surface area contributed by atoms with E-state index in [2.05, 4.69) is 60.5 Å². The Balaban J connectivity index is 1.43. The summed E-state index contributed by atoms with van der Waals surface area (Å²) in [5.41, 5.74) is 3.44. The summed E-state index contributed by atoms with van der Waals surface area (Å²) < 4.78 is 0. The molecule has 0 aromatic heterocycles. The van der Waals surface area contributed by atoms with E-state index in [-0.39, 0.29) is 5.91 Å². The monoisotopic (exact) mass is 350 g/mol. The molecule has 3 rings (SSSR count). The molecule has 0 unspecified atom stereocenters. The third-order valence-electron chi connectivity index (χ3n) is 5.12. The summed E-state index contributed by atoms with van der Waals surface area (Å²) in [5, 5.41) is 3.07. The second-order valence-electron chi connectivity index (χ2n) is 7.80. The molecule has 1 aliphatic rings. The van der Waals surface area contributed by atoms with Crippen LogP contribution in [-0.2, 0) is 11.2 Å². The van der Waals surface area contributed by atoms with Crippen molar-refractivity contribution in [3.8, 4) is 11.1 Å². The quantitative estimate of drug-likeness (QED) is 0.854. The van der Waals surface area contributed by atoms with Gasteiger partial charge in [0.05, 0.1) is 6.42 Å². The number of rotatable bonds is 6. The molecule has 1 N–H and O–H groups in total. The first-order chi connectivity index (χ1) is 12.6. The van der Waals surface area contributed by atoms with Gasteiger partial charge in [0.1, 0.15) is 0 Å². The van der Waals surface area contributed by atoms with E-state index in [4.69, 9.17) is 0 Å². The van der Waals surface area contributed by atoms with Crippen LogP contribution in [0.15, 0.2) is 54.6 Å². The van der Waals surface area contributed by atoms with Crippen LogP contribution in [0.2, 0.25) is 0 Å². The minimum Gasteiger partial charge on any atom is -0.355 e. The number of piperidine rings is 1. The number of amides is 1. The normalized spacial score (nSPS) is 20.7. The predicted molar refractivity (Wildman–Crippen MR) is 108 cm³/mol. The van der Waals surface area contributed by atoms with E-state index in [9.17, 15) is 4.79 Å². The Hall–Kier alpha value is -2.13. The van der Waals surface area contributed by atoms with Gasteiger partial charge in [-0.2, -0.15) is 0 Å². The lowest BCUT2D eigenvalue weighted by atomic mass is 9.92. The van der Waals surface area contributed by atoms with E-state index < -0.39 is 0 Å². The van der Waals surface area contributed by atoms with Crippen molar-refractivity contribution >= 4 is 5.91 Å². The van der Waals surface area contributed by atoms with Crippen molar-refractivity contribution in [2.24, 2.45) is 11.8 Å². The molecule has 1 amide bonds. The van der Waals surface area contributed by atoms with Gasteiger partial charge in [-0.1, -0.05) is 68.4 Å². The average Bonchev–Trinajstić information content (AvgIpc) is 2.62. The topological polar surface area (TPSA) is 32.3 Å².